The standard InChI is InChI=1S/C18H27N3O4S/c1-25-17-12-8-11-16(13-17)21(26(2,23)24)14-18(22)20-19-15-9-6-4-3-5-7-10-15/h8,11-13H,3-7,9-10,14H2,1-2H3,(H,20,22). The molecule has 1 fully saturated rings. The Kier molecular flexibility index (Phi) is 7.44. The number of anilines is 1. The average Bonchev–Trinajstić information content (AvgIpc) is 2.57. The Bertz CT molecular complexity index is 737. The van der Waals surface area contributed by atoms with Gasteiger partial charge in [-0.1, -0.05) is 25.3 Å². The van der Waals surface area contributed by atoms with E-state index in [1.807, 2.05) is 0 Å². The molecule has 0 heterocycles. The Labute approximate surface area is 155 Å². The summed E-state index contributed by atoms with van der Waals surface area (Å²) < 4.78 is 30.4. The van der Waals surface area contributed by atoms with Crippen LogP contribution in [-0.4, -0.2) is 39.9 Å². The second-order valence-corrected chi connectivity index (χ2v) is 8.36. The monoisotopic (exact) mass is 381 g/mol. The number of nitrogens with zero attached hydrogens (tertiary/aromatic N) is 2. The molecular formula is C18H27N3O4S. The van der Waals surface area contributed by atoms with Crippen molar-refractivity contribution in [1.29, 1.82) is 0 Å². The summed E-state index contributed by atoms with van der Waals surface area (Å²) in [5, 5.41) is 4.22. The van der Waals surface area contributed by atoms with Crippen molar-refractivity contribution in [2.24, 2.45) is 5.10 Å². The highest BCUT2D eigenvalue weighted by atomic mass is 32.2. The third kappa shape index (κ3) is 6.33. The molecule has 0 atom stereocenters. The fraction of sp³-hybridized carbons (Fsp3) is 0.556. The quantitative estimate of drug-likeness (QED) is 0.768. The van der Waals surface area contributed by atoms with E-state index < -0.39 is 15.9 Å². The topological polar surface area (TPSA) is 88.1 Å². The van der Waals surface area contributed by atoms with E-state index in [9.17, 15) is 13.2 Å². The molecule has 0 radical (unpaired) electrons. The van der Waals surface area contributed by atoms with Gasteiger partial charge in [0, 0.05) is 11.8 Å². The van der Waals surface area contributed by atoms with Gasteiger partial charge in [0.15, 0.2) is 0 Å². The van der Waals surface area contributed by atoms with Crippen LogP contribution in [0, 0.1) is 0 Å². The van der Waals surface area contributed by atoms with Gasteiger partial charge in [0.05, 0.1) is 19.1 Å². The molecule has 1 amide bonds. The number of hydrazone groups is 1. The largest absolute Gasteiger partial charge is 0.497 e. The van der Waals surface area contributed by atoms with Crippen LogP contribution in [0.3, 0.4) is 0 Å². The lowest BCUT2D eigenvalue weighted by Crippen LogP contribution is -2.39. The molecule has 8 heteroatoms. The number of benzene rings is 1. The van der Waals surface area contributed by atoms with E-state index in [1.54, 1.807) is 24.3 Å². The van der Waals surface area contributed by atoms with Gasteiger partial charge in [0.1, 0.15) is 12.3 Å². The molecule has 26 heavy (non-hydrogen) atoms. The molecule has 0 aliphatic heterocycles. The van der Waals surface area contributed by atoms with Crippen molar-refractivity contribution in [2.75, 3.05) is 24.2 Å². The summed E-state index contributed by atoms with van der Waals surface area (Å²) in [6.45, 7) is -0.331. The Morgan fingerprint density at radius 3 is 2.46 bits per heavy atom. The molecule has 1 N–H and O–H groups in total. The molecule has 0 aromatic heterocycles. The third-order valence-corrected chi connectivity index (χ3v) is 5.44. The Morgan fingerprint density at radius 1 is 1.19 bits per heavy atom. The van der Waals surface area contributed by atoms with Crippen molar-refractivity contribution in [3.8, 4) is 5.75 Å². The fourth-order valence-electron chi connectivity index (χ4n) is 2.90. The minimum Gasteiger partial charge on any atom is -0.497 e. The van der Waals surface area contributed by atoms with Crippen molar-refractivity contribution in [1.82, 2.24) is 5.43 Å². The van der Waals surface area contributed by atoms with Crippen LogP contribution in [-0.2, 0) is 14.8 Å². The van der Waals surface area contributed by atoms with Crippen molar-refractivity contribution >= 4 is 27.3 Å². The molecule has 1 aliphatic rings. The van der Waals surface area contributed by atoms with Crippen molar-refractivity contribution in [3.63, 3.8) is 0 Å². The maximum atomic E-state index is 12.3. The lowest BCUT2D eigenvalue weighted by Gasteiger charge is -2.22. The molecule has 1 saturated carbocycles. The van der Waals surface area contributed by atoms with Gasteiger partial charge in [-0.15, -0.1) is 0 Å². The van der Waals surface area contributed by atoms with E-state index in [1.165, 1.54) is 26.4 Å². The molecule has 144 valence electrons. The number of sulfonamides is 1. The first-order chi connectivity index (χ1) is 12.4. The van der Waals surface area contributed by atoms with Crippen LogP contribution in [0.15, 0.2) is 29.4 Å². The normalized spacial score (nSPS) is 15.5. The van der Waals surface area contributed by atoms with E-state index >= 15 is 0 Å². The SMILES string of the molecule is COc1cccc(N(CC(=O)NN=C2CCCCCCC2)S(C)(=O)=O)c1. The minimum atomic E-state index is -3.62. The predicted octanol–water partition coefficient (Wildman–Crippen LogP) is 2.68. The molecule has 0 unspecified atom stereocenters. The van der Waals surface area contributed by atoms with Crippen molar-refractivity contribution in [3.05, 3.63) is 24.3 Å². The van der Waals surface area contributed by atoms with Crippen LogP contribution >= 0.6 is 0 Å². The van der Waals surface area contributed by atoms with Gasteiger partial charge in [-0.2, -0.15) is 5.10 Å². The Morgan fingerprint density at radius 2 is 1.85 bits per heavy atom. The van der Waals surface area contributed by atoms with E-state index in [-0.39, 0.29) is 6.54 Å². The maximum absolute atomic E-state index is 12.3. The third-order valence-electron chi connectivity index (χ3n) is 4.30. The van der Waals surface area contributed by atoms with Crippen LogP contribution in [0.25, 0.3) is 0 Å². The lowest BCUT2D eigenvalue weighted by atomic mass is 9.99. The Balaban J connectivity index is 2.06. The molecule has 1 aromatic carbocycles. The number of ether oxygens (including phenoxy) is 1. The van der Waals surface area contributed by atoms with Crippen LogP contribution < -0.4 is 14.5 Å². The van der Waals surface area contributed by atoms with Gasteiger partial charge in [0.2, 0.25) is 10.0 Å². The summed E-state index contributed by atoms with van der Waals surface area (Å²) in [5.41, 5.74) is 3.87. The summed E-state index contributed by atoms with van der Waals surface area (Å²) in [4.78, 5) is 12.3. The molecule has 0 saturated heterocycles. The number of nitrogens with one attached hydrogen (secondary N) is 1. The first-order valence-corrected chi connectivity index (χ1v) is 10.7. The second-order valence-electron chi connectivity index (χ2n) is 6.45. The smallest absolute Gasteiger partial charge is 0.260 e. The number of carbonyl (C=O) groups excluding carboxylic acids is 1. The van der Waals surface area contributed by atoms with E-state index in [2.05, 4.69) is 10.5 Å². The minimum absolute atomic E-state index is 0.331. The van der Waals surface area contributed by atoms with Gasteiger partial charge in [-0.3, -0.25) is 9.10 Å². The second kappa shape index (κ2) is 9.56. The van der Waals surface area contributed by atoms with Gasteiger partial charge in [-0.05, 0) is 37.8 Å². The fourth-order valence-corrected chi connectivity index (χ4v) is 3.75. The molecule has 0 bridgehead atoms. The molecule has 2 rings (SSSR count). The predicted molar refractivity (Wildman–Crippen MR) is 103 cm³/mol. The Hall–Kier alpha value is -2.09. The maximum Gasteiger partial charge on any atom is 0.260 e. The van der Waals surface area contributed by atoms with E-state index in [4.69, 9.17) is 4.74 Å². The van der Waals surface area contributed by atoms with Gasteiger partial charge in [-0.25, -0.2) is 13.8 Å². The molecule has 0 spiro atoms. The summed E-state index contributed by atoms with van der Waals surface area (Å²) in [7, 11) is -2.12. The number of methoxy groups -OCH3 is 1. The van der Waals surface area contributed by atoms with Crippen molar-refractivity contribution < 1.29 is 17.9 Å². The van der Waals surface area contributed by atoms with Crippen LogP contribution in [0.2, 0.25) is 0 Å². The molecule has 1 aromatic rings. The zero-order valence-electron chi connectivity index (χ0n) is 15.4. The van der Waals surface area contributed by atoms with Gasteiger partial charge in [0.25, 0.3) is 5.91 Å². The first-order valence-electron chi connectivity index (χ1n) is 8.86. The van der Waals surface area contributed by atoms with Crippen LogP contribution in [0.5, 0.6) is 5.75 Å². The first kappa shape index (κ1) is 20.2. The van der Waals surface area contributed by atoms with Gasteiger partial charge < -0.3 is 4.74 Å². The van der Waals surface area contributed by atoms with Gasteiger partial charge >= 0.3 is 0 Å². The number of rotatable bonds is 6. The number of hydrogen-bond acceptors (Lipinski definition) is 5. The lowest BCUT2D eigenvalue weighted by molar-refractivity contribution is -0.119. The molecule has 7 nitrogen and oxygen atoms in total. The van der Waals surface area contributed by atoms with E-state index in [0.717, 1.165) is 42.0 Å². The highest BCUT2D eigenvalue weighted by Crippen LogP contribution is 2.22. The number of amides is 1. The number of hydrogen-bond donors (Lipinski definition) is 1. The summed E-state index contributed by atoms with van der Waals surface area (Å²) in [6.07, 6.45) is 8.61. The van der Waals surface area contributed by atoms with Crippen molar-refractivity contribution in [2.45, 2.75) is 44.9 Å². The average molecular weight is 381 g/mol. The van der Waals surface area contributed by atoms with Crippen LogP contribution in [0.4, 0.5) is 5.69 Å². The highest BCUT2D eigenvalue weighted by Gasteiger charge is 2.21. The number of carbonyl (C=O) groups is 1. The molecular weight excluding hydrogens is 354 g/mol. The zero-order valence-corrected chi connectivity index (χ0v) is 16.2. The van der Waals surface area contributed by atoms with E-state index in [0.29, 0.717) is 11.4 Å². The summed E-state index contributed by atoms with van der Waals surface area (Å²) in [6, 6.07) is 6.59. The highest BCUT2D eigenvalue weighted by molar-refractivity contribution is 7.92. The van der Waals surface area contributed by atoms with Crippen LogP contribution in [0.1, 0.15) is 44.9 Å². The summed E-state index contributed by atoms with van der Waals surface area (Å²) in [5.74, 6) is 0.0547. The zero-order chi connectivity index (χ0) is 19.0. The molecule has 1 aliphatic carbocycles. The summed E-state index contributed by atoms with van der Waals surface area (Å²) >= 11 is 0.